The van der Waals surface area contributed by atoms with Crippen molar-refractivity contribution in [2.75, 3.05) is 19.5 Å². The molecule has 5 nitrogen and oxygen atoms in total. The number of hydrazone groups is 1. The van der Waals surface area contributed by atoms with Crippen LogP contribution in [0.25, 0.3) is 0 Å². The van der Waals surface area contributed by atoms with Crippen molar-refractivity contribution < 1.29 is 14.3 Å². The van der Waals surface area contributed by atoms with E-state index in [1.807, 2.05) is 48.5 Å². The number of carbonyl (C=O) groups is 1. The molecular formula is C17H17ClN2O3S. The van der Waals surface area contributed by atoms with Crippen molar-refractivity contribution >= 4 is 35.7 Å². The number of hydrogen-bond acceptors (Lipinski definition) is 5. The van der Waals surface area contributed by atoms with E-state index < -0.39 is 6.09 Å². The lowest BCUT2D eigenvalue weighted by Gasteiger charge is -2.08. The van der Waals surface area contributed by atoms with Gasteiger partial charge in [-0.3, -0.25) is 0 Å². The summed E-state index contributed by atoms with van der Waals surface area (Å²) in [5.74, 6) is 1.50. The van der Waals surface area contributed by atoms with Gasteiger partial charge >= 0.3 is 6.09 Å². The van der Waals surface area contributed by atoms with Crippen molar-refractivity contribution in [2.24, 2.45) is 5.10 Å². The molecule has 0 aliphatic carbocycles. The van der Waals surface area contributed by atoms with Gasteiger partial charge in [-0.15, -0.1) is 11.8 Å². The Morgan fingerprint density at radius 2 is 2.00 bits per heavy atom. The van der Waals surface area contributed by atoms with Gasteiger partial charge in [-0.1, -0.05) is 23.7 Å². The number of methoxy groups -OCH3 is 1. The maximum Gasteiger partial charge on any atom is 0.427 e. The largest absolute Gasteiger partial charge is 0.492 e. The maximum absolute atomic E-state index is 11.0. The van der Waals surface area contributed by atoms with E-state index in [1.54, 1.807) is 11.8 Å². The molecule has 0 saturated carbocycles. The molecule has 0 unspecified atom stereocenters. The van der Waals surface area contributed by atoms with E-state index in [1.165, 1.54) is 13.3 Å². The summed E-state index contributed by atoms with van der Waals surface area (Å²) in [6.07, 6.45) is 0.891. The minimum atomic E-state index is -0.621. The Kier molecular flexibility index (Phi) is 7.45. The highest BCUT2D eigenvalue weighted by Gasteiger charge is 2.02. The topological polar surface area (TPSA) is 59.9 Å². The fourth-order valence-corrected chi connectivity index (χ4v) is 2.62. The molecule has 0 aromatic heterocycles. The lowest BCUT2D eigenvalue weighted by atomic mass is 10.2. The monoisotopic (exact) mass is 364 g/mol. The van der Waals surface area contributed by atoms with Crippen LogP contribution in [-0.2, 0) is 4.74 Å². The van der Waals surface area contributed by atoms with E-state index in [0.29, 0.717) is 12.4 Å². The smallest absolute Gasteiger partial charge is 0.427 e. The number of carbonyl (C=O) groups excluding carboxylic acids is 1. The summed E-state index contributed by atoms with van der Waals surface area (Å²) >= 11 is 7.55. The van der Waals surface area contributed by atoms with Crippen LogP contribution in [0.5, 0.6) is 5.75 Å². The molecule has 0 atom stereocenters. The van der Waals surface area contributed by atoms with Gasteiger partial charge in [0.1, 0.15) is 5.75 Å². The molecule has 2 rings (SSSR count). The first-order chi connectivity index (χ1) is 11.7. The molecule has 0 spiro atoms. The molecule has 2 aromatic rings. The third-order valence-electron chi connectivity index (χ3n) is 2.89. The van der Waals surface area contributed by atoms with Crippen molar-refractivity contribution in [3.05, 3.63) is 59.1 Å². The van der Waals surface area contributed by atoms with Crippen LogP contribution in [0.2, 0.25) is 5.02 Å². The summed E-state index contributed by atoms with van der Waals surface area (Å²) < 4.78 is 10.2. The average Bonchev–Trinajstić information content (AvgIpc) is 2.61. The minimum absolute atomic E-state index is 0.544. The van der Waals surface area contributed by atoms with Gasteiger partial charge in [0.15, 0.2) is 0 Å². The first-order valence-corrected chi connectivity index (χ1v) is 8.52. The molecule has 2 aromatic carbocycles. The predicted molar refractivity (Wildman–Crippen MR) is 97.2 cm³/mol. The quantitative estimate of drug-likeness (QED) is 0.346. The van der Waals surface area contributed by atoms with Crippen LogP contribution in [0.15, 0.2) is 58.5 Å². The maximum atomic E-state index is 11.0. The van der Waals surface area contributed by atoms with E-state index >= 15 is 0 Å². The molecule has 0 aliphatic heterocycles. The van der Waals surface area contributed by atoms with Crippen LogP contribution < -0.4 is 10.2 Å². The van der Waals surface area contributed by atoms with Crippen LogP contribution in [0.1, 0.15) is 5.56 Å². The Balaban J connectivity index is 1.83. The summed E-state index contributed by atoms with van der Waals surface area (Å²) in [4.78, 5) is 12.1. The van der Waals surface area contributed by atoms with Gasteiger partial charge in [0.25, 0.3) is 0 Å². The highest BCUT2D eigenvalue weighted by atomic mass is 35.5. The SMILES string of the molecule is COC(=O)N/N=C\c1ccccc1OCCSc1ccc(Cl)cc1. The molecular weight excluding hydrogens is 348 g/mol. The van der Waals surface area contributed by atoms with Gasteiger partial charge < -0.3 is 9.47 Å². The van der Waals surface area contributed by atoms with Gasteiger partial charge in [-0.05, 0) is 36.4 Å². The van der Waals surface area contributed by atoms with Crippen molar-refractivity contribution in [2.45, 2.75) is 4.90 Å². The van der Waals surface area contributed by atoms with Crippen molar-refractivity contribution in [1.29, 1.82) is 0 Å². The molecule has 0 heterocycles. The van der Waals surface area contributed by atoms with E-state index in [4.69, 9.17) is 16.3 Å². The predicted octanol–water partition coefficient (Wildman–Crippen LogP) is 4.20. The standard InChI is InChI=1S/C17H17ClN2O3S/c1-22-17(21)20-19-12-13-4-2-3-5-16(13)23-10-11-24-15-8-6-14(18)7-9-15/h2-9,12H,10-11H2,1H3,(H,20,21)/b19-12-. The van der Waals surface area contributed by atoms with Crippen LogP contribution in [0.4, 0.5) is 4.79 Å². The lowest BCUT2D eigenvalue weighted by molar-refractivity contribution is 0.171. The second-order valence-electron chi connectivity index (χ2n) is 4.55. The number of ether oxygens (including phenoxy) is 2. The van der Waals surface area contributed by atoms with Gasteiger partial charge in [0.05, 0.1) is 19.9 Å². The van der Waals surface area contributed by atoms with Crippen LogP contribution in [0, 0.1) is 0 Å². The number of benzene rings is 2. The number of para-hydroxylation sites is 1. The summed E-state index contributed by atoms with van der Waals surface area (Å²) in [6, 6.07) is 15.1. The minimum Gasteiger partial charge on any atom is -0.492 e. The number of nitrogens with one attached hydrogen (secondary N) is 1. The molecule has 0 fully saturated rings. The molecule has 0 aliphatic rings. The Bertz CT molecular complexity index is 692. The second kappa shape index (κ2) is 9.85. The number of thioether (sulfide) groups is 1. The number of nitrogens with zero attached hydrogens (tertiary/aromatic N) is 1. The zero-order chi connectivity index (χ0) is 17.2. The Morgan fingerprint density at radius 3 is 2.75 bits per heavy atom. The first kappa shape index (κ1) is 18.2. The molecule has 7 heteroatoms. The highest BCUT2D eigenvalue weighted by Crippen LogP contribution is 2.21. The lowest BCUT2D eigenvalue weighted by Crippen LogP contribution is -2.16. The summed E-state index contributed by atoms with van der Waals surface area (Å²) in [6.45, 7) is 0.544. The van der Waals surface area contributed by atoms with Crippen LogP contribution in [0.3, 0.4) is 0 Å². The number of hydrogen-bond donors (Lipinski definition) is 1. The Labute approximate surface area is 150 Å². The molecule has 0 bridgehead atoms. The van der Waals surface area contributed by atoms with Crippen molar-refractivity contribution in [3.8, 4) is 5.75 Å². The zero-order valence-corrected chi connectivity index (χ0v) is 14.6. The molecule has 126 valence electrons. The number of rotatable bonds is 7. The van der Waals surface area contributed by atoms with Gasteiger partial charge in [0, 0.05) is 21.2 Å². The Morgan fingerprint density at radius 1 is 1.25 bits per heavy atom. The molecule has 1 N–H and O–H groups in total. The average molecular weight is 365 g/mol. The van der Waals surface area contributed by atoms with E-state index in [2.05, 4.69) is 15.3 Å². The molecule has 24 heavy (non-hydrogen) atoms. The van der Waals surface area contributed by atoms with E-state index in [0.717, 1.165) is 21.2 Å². The summed E-state index contributed by atoms with van der Waals surface area (Å²) in [7, 11) is 1.28. The summed E-state index contributed by atoms with van der Waals surface area (Å²) in [5.41, 5.74) is 3.01. The molecule has 0 saturated heterocycles. The summed E-state index contributed by atoms with van der Waals surface area (Å²) in [5, 5.41) is 4.54. The van der Waals surface area contributed by atoms with Crippen molar-refractivity contribution in [1.82, 2.24) is 5.43 Å². The molecule has 0 radical (unpaired) electrons. The third-order valence-corrected chi connectivity index (χ3v) is 4.12. The fraction of sp³-hybridized carbons (Fsp3) is 0.176. The van der Waals surface area contributed by atoms with Gasteiger partial charge in [-0.2, -0.15) is 5.10 Å². The van der Waals surface area contributed by atoms with E-state index in [-0.39, 0.29) is 0 Å². The Hall–Kier alpha value is -2.18. The number of halogens is 1. The van der Waals surface area contributed by atoms with E-state index in [9.17, 15) is 4.79 Å². The van der Waals surface area contributed by atoms with Gasteiger partial charge in [-0.25, -0.2) is 10.2 Å². The van der Waals surface area contributed by atoms with Crippen molar-refractivity contribution in [3.63, 3.8) is 0 Å². The first-order valence-electron chi connectivity index (χ1n) is 7.16. The van der Waals surface area contributed by atoms with Crippen LogP contribution >= 0.6 is 23.4 Å². The second-order valence-corrected chi connectivity index (χ2v) is 6.16. The molecule has 1 amide bonds. The third kappa shape index (κ3) is 6.14. The zero-order valence-electron chi connectivity index (χ0n) is 13.1. The van der Waals surface area contributed by atoms with Crippen LogP contribution in [-0.4, -0.2) is 31.8 Å². The highest BCUT2D eigenvalue weighted by molar-refractivity contribution is 7.99. The fourth-order valence-electron chi connectivity index (χ4n) is 1.76. The van der Waals surface area contributed by atoms with Gasteiger partial charge in [0.2, 0.25) is 0 Å². The normalized spacial score (nSPS) is 10.6. The number of amides is 1.